The third kappa shape index (κ3) is 5.85. The summed E-state index contributed by atoms with van der Waals surface area (Å²) in [5.74, 6) is 2.56. The van der Waals surface area contributed by atoms with Crippen LogP contribution in [0.2, 0.25) is 0 Å². The standard InChI is InChI=1S/C25H36N4O4/c1-16(2)23-27-25(33-28-23)29-9-7-19(8-10-29)6-5-11-32-21-12-17(3)22(18(4)13-21)24(30)26-20-14-31-15-20/h12-13,16,19-20H,5-11,14-15H2,1-4H3,(H,26,30). The molecule has 2 aliphatic heterocycles. The molecule has 0 spiro atoms. The number of carbonyl (C=O) groups is 1. The molecule has 8 heteroatoms. The maximum Gasteiger partial charge on any atom is 0.324 e. The fourth-order valence-corrected chi connectivity index (χ4v) is 4.51. The van der Waals surface area contributed by atoms with Crippen molar-refractivity contribution in [2.24, 2.45) is 5.92 Å². The van der Waals surface area contributed by atoms with Crippen LogP contribution in [-0.4, -0.2) is 55.0 Å². The number of aromatic nitrogens is 2. The van der Waals surface area contributed by atoms with Crippen LogP contribution in [0.1, 0.15) is 72.8 Å². The number of amides is 1. The van der Waals surface area contributed by atoms with Gasteiger partial charge in [0.1, 0.15) is 5.75 Å². The van der Waals surface area contributed by atoms with E-state index in [2.05, 4.69) is 34.2 Å². The summed E-state index contributed by atoms with van der Waals surface area (Å²) >= 11 is 0. The molecule has 1 N–H and O–H groups in total. The second-order valence-corrected chi connectivity index (χ2v) is 9.65. The number of anilines is 1. The van der Waals surface area contributed by atoms with Crippen molar-refractivity contribution in [3.05, 3.63) is 34.6 Å². The third-order valence-corrected chi connectivity index (χ3v) is 6.56. The lowest BCUT2D eigenvalue weighted by molar-refractivity contribution is -0.00348. The fourth-order valence-electron chi connectivity index (χ4n) is 4.51. The number of hydrogen-bond donors (Lipinski definition) is 1. The van der Waals surface area contributed by atoms with Gasteiger partial charge in [0.25, 0.3) is 5.91 Å². The number of rotatable bonds is 9. The number of nitrogens with one attached hydrogen (secondary N) is 1. The van der Waals surface area contributed by atoms with E-state index in [0.29, 0.717) is 31.8 Å². The molecule has 33 heavy (non-hydrogen) atoms. The lowest BCUT2D eigenvalue weighted by Crippen LogP contribution is -2.48. The van der Waals surface area contributed by atoms with Crippen LogP contribution >= 0.6 is 0 Å². The largest absolute Gasteiger partial charge is 0.494 e. The first kappa shape index (κ1) is 23.5. The quantitative estimate of drug-likeness (QED) is 0.570. The molecule has 0 aliphatic carbocycles. The van der Waals surface area contributed by atoms with Crippen molar-refractivity contribution >= 4 is 11.9 Å². The molecule has 1 amide bonds. The van der Waals surface area contributed by atoms with E-state index in [1.165, 1.54) is 0 Å². The van der Waals surface area contributed by atoms with Crippen molar-refractivity contribution < 1.29 is 18.8 Å². The Morgan fingerprint density at radius 1 is 1.21 bits per heavy atom. The highest BCUT2D eigenvalue weighted by Crippen LogP contribution is 2.27. The van der Waals surface area contributed by atoms with Gasteiger partial charge in [0.2, 0.25) is 0 Å². The van der Waals surface area contributed by atoms with E-state index >= 15 is 0 Å². The minimum atomic E-state index is -0.0304. The summed E-state index contributed by atoms with van der Waals surface area (Å²) in [6.07, 6.45) is 4.43. The molecule has 2 saturated heterocycles. The van der Waals surface area contributed by atoms with Gasteiger partial charge in [-0.1, -0.05) is 19.0 Å². The van der Waals surface area contributed by atoms with Crippen molar-refractivity contribution in [3.8, 4) is 5.75 Å². The molecule has 3 heterocycles. The first-order valence-electron chi connectivity index (χ1n) is 12.1. The van der Waals surface area contributed by atoms with Crippen LogP contribution in [0.15, 0.2) is 16.7 Å². The molecule has 0 radical (unpaired) electrons. The highest BCUT2D eigenvalue weighted by Gasteiger charge is 2.24. The summed E-state index contributed by atoms with van der Waals surface area (Å²) in [4.78, 5) is 19.3. The van der Waals surface area contributed by atoms with Crippen molar-refractivity contribution in [2.75, 3.05) is 37.8 Å². The van der Waals surface area contributed by atoms with Gasteiger partial charge in [-0.3, -0.25) is 4.79 Å². The van der Waals surface area contributed by atoms with Crippen molar-refractivity contribution in [1.82, 2.24) is 15.5 Å². The number of hydrogen-bond acceptors (Lipinski definition) is 7. The zero-order valence-corrected chi connectivity index (χ0v) is 20.2. The van der Waals surface area contributed by atoms with Crippen LogP contribution in [0.5, 0.6) is 5.75 Å². The molecule has 1 aromatic heterocycles. The number of benzene rings is 1. The molecule has 0 saturated carbocycles. The first-order valence-corrected chi connectivity index (χ1v) is 12.1. The van der Waals surface area contributed by atoms with Gasteiger partial charge in [0.15, 0.2) is 5.82 Å². The van der Waals surface area contributed by atoms with E-state index in [1.54, 1.807) is 0 Å². The fraction of sp³-hybridized carbons (Fsp3) is 0.640. The van der Waals surface area contributed by atoms with Gasteiger partial charge in [-0.15, -0.1) is 0 Å². The smallest absolute Gasteiger partial charge is 0.324 e. The Hall–Kier alpha value is -2.61. The normalized spacial score (nSPS) is 17.3. The van der Waals surface area contributed by atoms with E-state index in [-0.39, 0.29) is 17.9 Å². The lowest BCUT2D eigenvalue weighted by atomic mass is 9.92. The highest BCUT2D eigenvalue weighted by atomic mass is 16.5. The molecule has 2 fully saturated rings. The summed E-state index contributed by atoms with van der Waals surface area (Å²) in [6.45, 7) is 11.9. The van der Waals surface area contributed by atoms with Crippen LogP contribution in [0.3, 0.4) is 0 Å². The monoisotopic (exact) mass is 456 g/mol. The minimum Gasteiger partial charge on any atom is -0.494 e. The van der Waals surface area contributed by atoms with E-state index in [9.17, 15) is 4.79 Å². The van der Waals surface area contributed by atoms with Gasteiger partial charge >= 0.3 is 6.01 Å². The van der Waals surface area contributed by atoms with Crippen LogP contribution in [0.4, 0.5) is 6.01 Å². The topological polar surface area (TPSA) is 89.7 Å². The maximum absolute atomic E-state index is 12.6. The molecular weight excluding hydrogens is 420 g/mol. The molecule has 2 aliphatic rings. The molecule has 0 bridgehead atoms. The SMILES string of the molecule is Cc1cc(OCCCC2CCN(c3nc(C(C)C)no3)CC2)cc(C)c1C(=O)NC1COC1. The molecule has 0 atom stereocenters. The van der Waals surface area contributed by atoms with E-state index < -0.39 is 0 Å². The predicted octanol–water partition coefficient (Wildman–Crippen LogP) is 4.01. The summed E-state index contributed by atoms with van der Waals surface area (Å²) in [5.41, 5.74) is 2.62. The Morgan fingerprint density at radius 3 is 2.48 bits per heavy atom. The lowest BCUT2D eigenvalue weighted by Gasteiger charge is -2.30. The van der Waals surface area contributed by atoms with Gasteiger partial charge < -0.3 is 24.2 Å². The second-order valence-electron chi connectivity index (χ2n) is 9.65. The van der Waals surface area contributed by atoms with E-state index in [1.807, 2.05) is 26.0 Å². The zero-order valence-electron chi connectivity index (χ0n) is 20.2. The highest BCUT2D eigenvalue weighted by molar-refractivity contribution is 5.97. The number of nitrogens with zero attached hydrogens (tertiary/aromatic N) is 3. The Balaban J connectivity index is 1.19. The predicted molar refractivity (Wildman–Crippen MR) is 126 cm³/mol. The minimum absolute atomic E-state index is 0.0304. The van der Waals surface area contributed by atoms with E-state index in [4.69, 9.17) is 14.0 Å². The molecule has 180 valence electrons. The third-order valence-electron chi connectivity index (χ3n) is 6.56. The van der Waals surface area contributed by atoms with Crippen LogP contribution < -0.4 is 15.0 Å². The van der Waals surface area contributed by atoms with E-state index in [0.717, 1.165) is 67.0 Å². The Kier molecular flexibility index (Phi) is 7.53. The molecule has 0 unspecified atom stereocenters. The summed E-state index contributed by atoms with van der Waals surface area (Å²) in [6, 6.07) is 4.72. The molecule has 2 aromatic rings. The van der Waals surface area contributed by atoms with Crippen molar-refractivity contribution in [3.63, 3.8) is 0 Å². The average Bonchev–Trinajstić information content (AvgIpc) is 3.24. The number of piperidine rings is 1. The number of ether oxygens (including phenoxy) is 2. The molecule has 8 nitrogen and oxygen atoms in total. The first-order chi connectivity index (χ1) is 15.9. The van der Waals surface area contributed by atoms with Crippen molar-refractivity contribution in [2.45, 2.75) is 65.3 Å². The zero-order chi connectivity index (χ0) is 23.4. The van der Waals surface area contributed by atoms with Crippen LogP contribution in [0, 0.1) is 19.8 Å². The van der Waals surface area contributed by atoms with Gasteiger partial charge in [-0.25, -0.2) is 0 Å². The Morgan fingerprint density at radius 2 is 1.91 bits per heavy atom. The number of aryl methyl sites for hydroxylation is 2. The van der Waals surface area contributed by atoms with Crippen molar-refractivity contribution in [1.29, 1.82) is 0 Å². The summed E-state index contributed by atoms with van der Waals surface area (Å²) in [5, 5.41) is 7.09. The number of carbonyl (C=O) groups excluding carboxylic acids is 1. The van der Waals surface area contributed by atoms with Gasteiger partial charge in [-0.05, 0) is 68.7 Å². The molecular formula is C25H36N4O4. The van der Waals surface area contributed by atoms with Gasteiger partial charge in [0, 0.05) is 24.6 Å². The van der Waals surface area contributed by atoms with Gasteiger partial charge in [-0.2, -0.15) is 4.98 Å². The Labute approximate surface area is 196 Å². The summed E-state index contributed by atoms with van der Waals surface area (Å²) in [7, 11) is 0. The average molecular weight is 457 g/mol. The van der Waals surface area contributed by atoms with Crippen LogP contribution in [0.25, 0.3) is 0 Å². The second kappa shape index (κ2) is 10.5. The summed E-state index contributed by atoms with van der Waals surface area (Å²) < 4.78 is 16.6. The van der Waals surface area contributed by atoms with Gasteiger partial charge in [0.05, 0.1) is 25.9 Å². The molecule has 4 rings (SSSR count). The Bertz CT molecular complexity index is 923. The maximum atomic E-state index is 12.6. The van der Waals surface area contributed by atoms with Crippen LogP contribution in [-0.2, 0) is 4.74 Å². The molecule has 1 aromatic carbocycles.